The number of Topliss-reactive ketones (excluding diaryl/α,β-unsaturated/α-hetero) is 1. The van der Waals surface area contributed by atoms with Crippen LogP contribution in [0.4, 0.5) is 4.39 Å². The number of benzene rings is 1. The number of carbonyl (C=O) groups excluding carboxylic acids is 1. The van der Waals surface area contributed by atoms with Crippen LogP contribution in [0.15, 0.2) is 30.3 Å². The molecular weight excluding hydrogens is 265 g/mol. The van der Waals surface area contributed by atoms with Crippen molar-refractivity contribution in [2.24, 2.45) is 5.92 Å². The monoisotopic (exact) mass is 281 g/mol. The van der Waals surface area contributed by atoms with Crippen LogP contribution >= 0.6 is 11.6 Å². The molecule has 1 N–H and O–H groups in total. The average Bonchev–Trinajstić information content (AvgIpc) is 2.44. The Hall–Kier alpha value is -0.930. The van der Waals surface area contributed by atoms with Crippen molar-refractivity contribution >= 4 is 17.4 Å². The van der Waals surface area contributed by atoms with Gasteiger partial charge in [-0.05, 0) is 18.4 Å². The van der Waals surface area contributed by atoms with Gasteiger partial charge in [-0.15, -0.1) is 11.6 Å². The summed E-state index contributed by atoms with van der Waals surface area (Å²) in [5, 5.41) is 2.83. The molecule has 0 spiro atoms. The number of hydrogen-bond donors (Lipinski definition) is 1. The number of piperidine rings is 1. The van der Waals surface area contributed by atoms with E-state index >= 15 is 0 Å². The van der Waals surface area contributed by atoms with Crippen molar-refractivity contribution in [2.45, 2.75) is 42.9 Å². The van der Waals surface area contributed by atoms with Gasteiger partial charge in [-0.25, -0.2) is 4.39 Å². The summed E-state index contributed by atoms with van der Waals surface area (Å²) in [4.78, 5) is 12.2. The molecule has 0 amide bonds. The Morgan fingerprint density at radius 3 is 2.68 bits per heavy atom. The van der Waals surface area contributed by atoms with Gasteiger partial charge in [-0.3, -0.25) is 4.79 Å². The first-order valence-electron chi connectivity index (χ1n) is 6.78. The van der Waals surface area contributed by atoms with E-state index in [2.05, 4.69) is 5.32 Å². The number of fused-ring (bicyclic) bond motifs is 1. The Bertz CT molecular complexity index is 466. The molecule has 0 bridgehead atoms. The molecule has 0 radical (unpaired) electrons. The van der Waals surface area contributed by atoms with Gasteiger partial charge in [-0.2, -0.15) is 0 Å². The summed E-state index contributed by atoms with van der Waals surface area (Å²) in [5.41, 5.74) is 1.04. The van der Waals surface area contributed by atoms with Gasteiger partial charge >= 0.3 is 0 Å². The molecular formula is C15H17ClFNO. The van der Waals surface area contributed by atoms with Crippen LogP contribution in [-0.4, -0.2) is 23.4 Å². The Balaban J connectivity index is 1.83. The highest BCUT2D eigenvalue weighted by atomic mass is 35.5. The summed E-state index contributed by atoms with van der Waals surface area (Å²) in [7, 11) is 0. The molecule has 2 aliphatic rings. The predicted octanol–water partition coefficient (Wildman–Crippen LogP) is 3.01. The van der Waals surface area contributed by atoms with Gasteiger partial charge < -0.3 is 5.32 Å². The van der Waals surface area contributed by atoms with Gasteiger partial charge in [0.1, 0.15) is 12.0 Å². The van der Waals surface area contributed by atoms with E-state index < -0.39 is 17.6 Å². The van der Waals surface area contributed by atoms with Crippen LogP contribution in [0.5, 0.6) is 0 Å². The van der Waals surface area contributed by atoms with Crippen molar-refractivity contribution in [1.82, 2.24) is 5.32 Å². The lowest BCUT2D eigenvalue weighted by Crippen LogP contribution is -2.57. The topological polar surface area (TPSA) is 29.1 Å². The van der Waals surface area contributed by atoms with E-state index in [0.29, 0.717) is 19.3 Å². The molecule has 5 unspecified atom stereocenters. The van der Waals surface area contributed by atoms with E-state index in [0.717, 1.165) is 5.56 Å². The number of carbonyl (C=O) groups is 1. The first kappa shape index (κ1) is 13.1. The van der Waals surface area contributed by atoms with Crippen molar-refractivity contribution in [3.63, 3.8) is 0 Å². The summed E-state index contributed by atoms with van der Waals surface area (Å²) in [6.45, 7) is 0. The first-order valence-corrected chi connectivity index (χ1v) is 7.22. The van der Waals surface area contributed by atoms with Gasteiger partial charge in [0.15, 0.2) is 0 Å². The molecule has 2 fully saturated rings. The third-order valence-electron chi connectivity index (χ3n) is 4.29. The van der Waals surface area contributed by atoms with Crippen LogP contribution in [0, 0.1) is 5.92 Å². The molecule has 1 saturated heterocycles. The van der Waals surface area contributed by atoms with Crippen LogP contribution in [0.3, 0.4) is 0 Å². The number of hydrogen-bond acceptors (Lipinski definition) is 2. The van der Waals surface area contributed by atoms with E-state index in [4.69, 9.17) is 11.6 Å². The van der Waals surface area contributed by atoms with E-state index in [9.17, 15) is 9.18 Å². The molecule has 1 aliphatic carbocycles. The highest BCUT2D eigenvalue weighted by Crippen LogP contribution is 2.37. The van der Waals surface area contributed by atoms with E-state index in [1.807, 2.05) is 30.3 Å². The molecule has 1 aliphatic heterocycles. The minimum atomic E-state index is -1.14. The van der Waals surface area contributed by atoms with Gasteiger partial charge in [-0.1, -0.05) is 30.3 Å². The summed E-state index contributed by atoms with van der Waals surface area (Å²) in [6.07, 6.45) is 0.598. The second-order valence-corrected chi connectivity index (χ2v) is 6.03. The SMILES string of the molecule is O=C1CC(c2ccccc2)NC2C1CCC(Cl)C2F. The number of ketones is 1. The zero-order valence-corrected chi connectivity index (χ0v) is 11.3. The molecule has 1 saturated carbocycles. The van der Waals surface area contributed by atoms with Crippen LogP contribution in [0.25, 0.3) is 0 Å². The second-order valence-electron chi connectivity index (χ2n) is 5.47. The fraction of sp³-hybridized carbons (Fsp3) is 0.533. The summed E-state index contributed by atoms with van der Waals surface area (Å²) < 4.78 is 14.2. The Morgan fingerprint density at radius 2 is 1.95 bits per heavy atom. The molecule has 1 aromatic carbocycles. The maximum Gasteiger partial charge on any atom is 0.139 e. The third-order valence-corrected chi connectivity index (χ3v) is 4.75. The second kappa shape index (κ2) is 5.22. The number of alkyl halides is 2. The van der Waals surface area contributed by atoms with Crippen molar-refractivity contribution in [3.05, 3.63) is 35.9 Å². The Kier molecular flexibility index (Phi) is 3.59. The number of nitrogens with one attached hydrogen (secondary N) is 1. The van der Waals surface area contributed by atoms with Crippen LogP contribution in [0.2, 0.25) is 0 Å². The fourth-order valence-corrected chi connectivity index (χ4v) is 3.52. The zero-order chi connectivity index (χ0) is 13.4. The van der Waals surface area contributed by atoms with E-state index in [1.165, 1.54) is 0 Å². The average molecular weight is 282 g/mol. The minimum absolute atomic E-state index is 0.0878. The molecule has 2 nitrogen and oxygen atoms in total. The third kappa shape index (κ3) is 2.41. The van der Waals surface area contributed by atoms with Gasteiger partial charge in [0.2, 0.25) is 0 Å². The van der Waals surface area contributed by atoms with Crippen molar-refractivity contribution < 1.29 is 9.18 Å². The summed E-state index contributed by atoms with van der Waals surface area (Å²) in [6, 6.07) is 9.23. The van der Waals surface area contributed by atoms with Crippen LogP contribution in [-0.2, 0) is 4.79 Å². The Labute approximate surface area is 117 Å². The highest BCUT2D eigenvalue weighted by molar-refractivity contribution is 6.21. The standard InChI is InChI=1S/C15H17ClFNO/c16-11-7-6-10-13(19)8-12(18-15(10)14(11)17)9-4-2-1-3-5-9/h1-5,10-12,14-15,18H,6-8H2. The highest BCUT2D eigenvalue weighted by Gasteiger charge is 2.46. The quantitative estimate of drug-likeness (QED) is 0.802. The number of rotatable bonds is 1. The Morgan fingerprint density at radius 1 is 1.21 bits per heavy atom. The molecule has 3 rings (SSSR count). The largest absolute Gasteiger partial charge is 0.303 e. The lowest BCUT2D eigenvalue weighted by molar-refractivity contribution is -0.129. The zero-order valence-electron chi connectivity index (χ0n) is 10.6. The van der Waals surface area contributed by atoms with E-state index in [-0.39, 0.29) is 17.7 Å². The minimum Gasteiger partial charge on any atom is -0.303 e. The molecule has 5 atom stereocenters. The van der Waals surface area contributed by atoms with Crippen molar-refractivity contribution in [1.29, 1.82) is 0 Å². The maximum absolute atomic E-state index is 14.2. The fourth-order valence-electron chi connectivity index (χ4n) is 3.24. The molecule has 19 heavy (non-hydrogen) atoms. The first-order chi connectivity index (χ1) is 9.16. The van der Waals surface area contributed by atoms with E-state index in [1.54, 1.807) is 0 Å². The molecule has 4 heteroatoms. The van der Waals surface area contributed by atoms with Gasteiger partial charge in [0.05, 0.1) is 5.38 Å². The maximum atomic E-state index is 14.2. The smallest absolute Gasteiger partial charge is 0.139 e. The number of halogens is 2. The summed E-state index contributed by atoms with van der Waals surface area (Å²) in [5.74, 6) is -0.0335. The predicted molar refractivity (Wildman–Crippen MR) is 73.0 cm³/mol. The van der Waals surface area contributed by atoms with Crippen LogP contribution < -0.4 is 5.32 Å². The normalized spacial score (nSPS) is 38.8. The van der Waals surface area contributed by atoms with Gasteiger partial charge in [0.25, 0.3) is 0 Å². The lowest BCUT2D eigenvalue weighted by Gasteiger charge is -2.42. The molecule has 102 valence electrons. The lowest BCUT2D eigenvalue weighted by atomic mass is 9.75. The molecule has 1 aromatic rings. The van der Waals surface area contributed by atoms with Gasteiger partial charge in [0, 0.05) is 24.4 Å². The van der Waals surface area contributed by atoms with Crippen molar-refractivity contribution in [2.75, 3.05) is 0 Å². The van der Waals surface area contributed by atoms with Crippen molar-refractivity contribution in [3.8, 4) is 0 Å². The molecule has 1 heterocycles. The molecule has 0 aromatic heterocycles. The van der Waals surface area contributed by atoms with Crippen LogP contribution in [0.1, 0.15) is 30.9 Å². The summed E-state index contributed by atoms with van der Waals surface area (Å²) >= 11 is 6.00.